The molecule has 6 nitrogen and oxygen atoms in total. The highest BCUT2D eigenvalue weighted by Crippen LogP contribution is 2.36. The van der Waals surface area contributed by atoms with Gasteiger partial charge in [-0.25, -0.2) is 10.8 Å². The summed E-state index contributed by atoms with van der Waals surface area (Å²) in [6.45, 7) is 2.96. The van der Waals surface area contributed by atoms with Crippen LogP contribution in [-0.4, -0.2) is 21.6 Å². The summed E-state index contributed by atoms with van der Waals surface area (Å²) < 4.78 is 41.7. The number of aryl methyl sites for hydroxylation is 1. The monoisotopic (exact) mass is 537 g/mol. The van der Waals surface area contributed by atoms with Crippen LogP contribution < -0.4 is 16.6 Å². The lowest BCUT2D eigenvalue weighted by molar-refractivity contribution is -0.141. The third-order valence-electron chi connectivity index (χ3n) is 6.07. The Hall–Kier alpha value is -4.02. The van der Waals surface area contributed by atoms with Crippen LogP contribution in [0.5, 0.6) is 0 Å². The number of thioether (sulfide) groups is 1. The molecular weight excluding hydrogens is 511 g/mol. The molecule has 0 saturated carbocycles. The molecule has 0 amide bonds. The Morgan fingerprint density at radius 2 is 1.68 bits per heavy atom. The maximum atomic E-state index is 13.4. The number of hydrazine groups is 1. The fourth-order valence-electron chi connectivity index (χ4n) is 4.08. The highest BCUT2D eigenvalue weighted by Gasteiger charge is 2.34. The Kier molecular flexibility index (Phi) is 7.66. The molecule has 4 rings (SSSR count). The van der Waals surface area contributed by atoms with Gasteiger partial charge in [0.15, 0.2) is 11.5 Å². The van der Waals surface area contributed by atoms with Crippen molar-refractivity contribution in [1.82, 2.24) is 9.55 Å². The first-order chi connectivity index (χ1) is 18.0. The van der Waals surface area contributed by atoms with Gasteiger partial charge < -0.3 is 10.3 Å². The molecule has 0 spiro atoms. The van der Waals surface area contributed by atoms with E-state index < -0.39 is 11.9 Å². The molecule has 3 aromatic carbocycles. The average molecular weight is 538 g/mol. The molecule has 196 valence electrons. The number of alkyl halides is 3. The minimum absolute atomic E-state index is 0.0852. The largest absolute Gasteiger partial charge is 0.434 e. The van der Waals surface area contributed by atoms with Crippen molar-refractivity contribution in [2.75, 3.05) is 11.3 Å². The normalized spacial score (nSPS) is 12.0. The maximum Gasteiger partial charge on any atom is 0.434 e. The van der Waals surface area contributed by atoms with Gasteiger partial charge in [0.25, 0.3) is 0 Å². The Bertz CT molecular complexity index is 1510. The van der Waals surface area contributed by atoms with Crippen LogP contribution in [-0.2, 0) is 6.18 Å². The van der Waals surface area contributed by atoms with Crippen LogP contribution in [0.1, 0.15) is 34.4 Å². The number of rotatable bonds is 7. The second-order valence-electron chi connectivity index (χ2n) is 8.53. The Morgan fingerprint density at radius 1 is 1.03 bits per heavy atom. The van der Waals surface area contributed by atoms with Crippen molar-refractivity contribution in [3.63, 3.8) is 0 Å². The number of anilines is 1. The van der Waals surface area contributed by atoms with E-state index in [9.17, 15) is 18.0 Å². The third kappa shape index (κ3) is 5.46. The molecule has 1 heterocycles. The number of benzene rings is 3. The quantitative estimate of drug-likeness (QED) is 0.122. The zero-order valence-corrected chi connectivity index (χ0v) is 21.8. The summed E-state index contributed by atoms with van der Waals surface area (Å²) >= 11 is 1.60. The maximum absolute atomic E-state index is 13.4. The third-order valence-corrected chi connectivity index (χ3v) is 6.80. The number of nitrogens with zero attached hydrogens (tertiary/aromatic N) is 3. The van der Waals surface area contributed by atoms with Crippen molar-refractivity contribution in [3.8, 4) is 16.8 Å². The van der Waals surface area contributed by atoms with Gasteiger partial charge in [-0.05, 0) is 55.5 Å². The van der Waals surface area contributed by atoms with Gasteiger partial charge in [-0.1, -0.05) is 42.5 Å². The average Bonchev–Trinajstić information content (AvgIpc) is 3.31. The van der Waals surface area contributed by atoms with Crippen LogP contribution in [0.3, 0.4) is 0 Å². The van der Waals surface area contributed by atoms with E-state index in [1.54, 1.807) is 48.2 Å². The summed E-state index contributed by atoms with van der Waals surface area (Å²) in [5.74, 6) is 6.68. The molecule has 0 aliphatic carbocycles. The number of carbonyl (C=O) groups is 1. The Balaban J connectivity index is 1.88. The van der Waals surface area contributed by atoms with Gasteiger partial charge in [-0.3, -0.25) is 9.80 Å². The van der Waals surface area contributed by atoms with E-state index in [4.69, 9.17) is 11.6 Å². The molecule has 0 atom stereocenters. The molecule has 10 heteroatoms. The zero-order valence-electron chi connectivity index (χ0n) is 21.0. The number of hydrogen-bond donors (Lipinski definition) is 2. The van der Waals surface area contributed by atoms with E-state index in [2.05, 4.69) is 4.98 Å². The minimum atomic E-state index is -4.60. The molecular formula is C28H26F3N5OS. The van der Waals surface area contributed by atoms with Crippen LogP contribution in [0, 0.1) is 6.92 Å². The molecule has 0 radical (unpaired) electrons. The van der Waals surface area contributed by atoms with Gasteiger partial charge in [0.2, 0.25) is 0 Å². The summed E-state index contributed by atoms with van der Waals surface area (Å²) in [6.07, 6.45) is -0.360. The predicted molar refractivity (Wildman–Crippen MR) is 146 cm³/mol. The standard InChI is InChI=1S/C28H26F3N5OS/c1-17(37)19-7-9-20(10-8-19)26(15-32)36(33)25-14-22(21-5-4-6-23(13-21)38-3)11-12-24(25)35-16-27(28(29,30)31)34-18(35)2/h4-16H,32-33H2,1-3H3/b26-15-. The van der Waals surface area contributed by atoms with E-state index in [1.807, 2.05) is 36.6 Å². The van der Waals surface area contributed by atoms with E-state index in [1.165, 1.54) is 29.6 Å². The van der Waals surface area contributed by atoms with Crippen LogP contribution in [0.15, 0.2) is 84.0 Å². The lowest BCUT2D eigenvalue weighted by atomic mass is 10.0. The van der Waals surface area contributed by atoms with Crippen molar-refractivity contribution in [3.05, 3.63) is 102 Å². The fourth-order valence-corrected chi connectivity index (χ4v) is 4.54. The van der Waals surface area contributed by atoms with Crippen molar-refractivity contribution in [1.29, 1.82) is 0 Å². The number of nitrogens with two attached hydrogens (primary N) is 2. The first kappa shape index (κ1) is 27.0. The molecule has 0 bridgehead atoms. The van der Waals surface area contributed by atoms with E-state index in [0.29, 0.717) is 28.2 Å². The summed E-state index contributed by atoms with van der Waals surface area (Å²) in [4.78, 5) is 16.5. The van der Waals surface area contributed by atoms with Gasteiger partial charge in [0.1, 0.15) is 5.82 Å². The van der Waals surface area contributed by atoms with Crippen molar-refractivity contribution in [2.24, 2.45) is 11.6 Å². The number of Topliss-reactive ketones (excluding diaryl/α,β-unsaturated/α-hetero) is 1. The second-order valence-corrected chi connectivity index (χ2v) is 9.41. The Labute approximate surface area is 222 Å². The van der Waals surface area contributed by atoms with Gasteiger partial charge in [0.05, 0.1) is 17.1 Å². The molecule has 0 fully saturated rings. The van der Waals surface area contributed by atoms with E-state index in [-0.39, 0.29) is 11.6 Å². The van der Waals surface area contributed by atoms with Crippen molar-refractivity contribution >= 4 is 28.9 Å². The molecule has 0 unspecified atom stereocenters. The summed E-state index contributed by atoms with van der Waals surface area (Å²) in [5, 5.41) is 1.33. The minimum Gasteiger partial charge on any atom is -0.403 e. The molecule has 0 saturated heterocycles. The second kappa shape index (κ2) is 10.8. The summed E-state index contributed by atoms with van der Waals surface area (Å²) in [7, 11) is 0. The number of carbonyl (C=O) groups excluding carboxylic acids is 1. The van der Waals surface area contributed by atoms with Crippen molar-refractivity contribution < 1.29 is 18.0 Å². The van der Waals surface area contributed by atoms with Crippen LogP contribution in [0.4, 0.5) is 18.9 Å². The topological polar surface area (TPSA) is 90.2 Å². The first-order valence-corrected chi connectivity index (χ1v) is 12.8. The highest BCUT2D eigenvalue weighted by atomic mass is 32.2. The molecule has 1 aromatic heterocycles. The Morgan fingerprint density at radius 3 is 2.26 bits per heavy atom. The number of ketones is 1. The lowest BCUT2D eigenvalue weighted by Crippen LogP contribution is -2.31. The van der Waals surface area contributed by atoms with Crippen LogP contribution in [0.2, 0.25) is 0 Å². The highest BCUT2D eigenvalue weighted by molar-refractivity contribution is 7.98. The summed E-state index contributed by atoms with van der Waals surface area (Å²) in [6, 6.07) is 20.0. The van der Waals surface area contributed by atoms with Gasteiger partial charge in [-0.2, -0.15) is 13.2 Å². The number of imidazole rings is 1. The molecule has 38 heavy (non-hydrogen) atoms. The van der Waals surface area contributed by atoms with Gasteiger partial charge >= 0.3 is 6.18 Å². The van der Waals surface area contributed by atoms with E-state index >= 15 is 0 Å². The summed E-state index contributed by atoms with van der Waals surface area (Å²) in [5.41, 5.74) is 9.04. The SMILES string of the molecule is CSc1cccc(-c2ccc(-n3cc(C(F)(F)F)nc3C)c(N(N)/C(=C\N)c3ccc(C(C)=O)cc3)c2)c1. The van der Waals surface area contributed by atoms with Crippen molar-refractivity contribution in [2.45, 2.75) is 24.9 Å². The zero-order chi connectivity index (χ0) is 27.6. The predicted octanol–water partition coefficient (Wildman–Crippen LogP) is 6.43. The molecule has 4 aromatic rings. The number of halogens is 3. The fraction of sp³-hybridized carbons (Fsp3) is 0.143. The molecule has 0 aliphatic heterocycles. The van der Waals surface area contributed by atoms with Crippen LogP contribution in [0.25, 0.3) is 22.5 Å². The lowest BCUT2D eigenvalue weighted by Gasteiger charge is -2.26. The first-order valence-electron chi connectivity index (χ1n) is 11.5. The smallest absolute Gasteiger partial charge is 0.403 e. The van der Waals surface area contributed by atoms with Gasteiger partial charge in [-0.15, -0.1) is 11.8 Å². The molecule has 4 N–H and O–H groups in total. The number of aromatic nitrogens is 2. The number of hydrogen-bond acceptors (Lipinski definition) is 6. The van der Waals surface area contributed by atoms with Gasteiger partial charge in [0, 0.05) is 28.4 Å². The van der Waals surface area contributed by atoms with E-state index in [0.717, 1.165) is 22.2 Å². The molecule has 0 aliphatic rings. The van der Waals surface area contributed by atoms with Crippen LogP contribution >= 0.6 is 11.8 Å².